The van der Waals surface area contributed by atoms with E-state index in [2.05, 4.69) is 22.5 Å². The molecule has 1 unspecified atom stereocenters. The standard InChI is InChI=1S/C17H32N4O.ClH/c1-17(7-8-18-13-17)14-20-9-11-21(12-10-20)16(22)19-15-5-3-2-4-6-15;/h15,18H,2-14H2,1H3,(H,19,22);1H. The second-order valence-electron chi connectivity index (χ2n) is 7.79. The molecule has 2 N–H and O–H groups in total. The highest BCUT2D eigenvalue weighted by Crippen LogP contribution is 2.26. The zero-order chi connectivity index (χ0) is 15.4. The third-order valence-corrected chi connectivity index (χ3v) is 5.65. The number of hydrogen-bond donors (Lipinski definition) is 2. The Kier molecular flexibility index (Phi) is 6.99. The molecule has 3 fully saturated rings. The topological polar surface area (TPSA) is 47.6 Å². The molecule has 2 aliphatic heterocycles. The number of hydrogen-bond acceptors (Lipinski definition) is 3. The molecule has 2 amide bonds. The van der Waals surface area contributed by atoms with E-state index in [0.29, 0.717) is 11.5 Å². The fraction of sp³-hybridized carbons (Fsp3) is 0.941. The van der Waals surface area contributed by atoms with Crippen molar-refractivity contribution in [3.8, 4) is 0 Å². The first-order chi connectivity index (χ1) is 10.6. The second-order valence-corrected chi connectivity index (χ2v) is 7.79. The smallest absolute Gasteiger partial charge is 0.317 e. The van der Waals surface area contributed by atoms with Gasteiger partial charge in [0.25, 0.3) is 0 Å². The number of nitrogens with one attached hydrogen (secondary N) is 2. The Hall–Kier alpha value is -0.520. The van der Waals surface area contributed by atoms with Crippen LogP contribution in [-0.4, -0.2) is 67.7 Å². The zero-order valence-electron chi connectivity index (χ0n) is 14.5. The van der Waals surface area contributed by atoms with Crippen molar-refractivity contribution in [2.24, 2.45) is 5.41 Å². The van der Waals surface area contributed by atoms with Crippen LogP contribution in [0.25, 0.3) is 0 Å². The molecule has 1 atom stereocenters. The van der Waals surface area contributed by atoms with Crippen LogP contribution in [0, 0.1) is 5.41 Å². The molecule has 2 saturated heterocycles. The van der Waals surface area contributed by atoms with Crippen LogP contribution in [0.3, 0.4) is 0 Å². The summed E-state index contributed by atoms with van der Waals surface area (Å²) < 4.78 is 0. The van der Waals surface area contributed by atoms with E-state index in [4.69, 9.17) is 0 Å². The van der Waals surface area contributed by atoms with Crippen LogP contribution in [0.1, 0.15) is 45.4 Å². The van der Waals surface area contributed by atoms with E-state index < -0.39 is 0 Å². The van der Waals surface area contributed by atoms with Crippen molar-refractivity contribution in [3.05, 3.63) is 0 Å². The van der Waals surface area contributed by atoms with Crippen LogP contribution in [0.5, 0.6) is 0 Å². The largest absolute Gasteiger partial charge is 0.335 e. The van der Waals surface area contributed by atoms with E-state index in [-0.39, 0.29) is 18.4 Å². The van der Waals surface area contributed by atoms with Gasteiger partial charge in [0.1, 0.15) is 0 Å². The molecular weight excluding hydrogens is 312 g/mol. The number of piperazine rings is 1. The first kappa shape index (κ1) is 18.8. The minimum absolute atomic E-state index is 0. The monoisotopic (exact) mass is 344 g/mol. The summed E-state index contributed by atoms with van der Waals surface area (Å²) in [6.07, 6.45) is 7.47. The van der Waals surface area contributed by atoms with Gasteiger partial charge < -0.3 is 15.5 Å². The maximum atomic E-state index is 12.4. The fourth-order valence-electron chi connectivity index (χ4n) is 4.17. The molecule has 3 rings (SSSR count). The summed E-state index contributed by atoms with van der Waals surface area (Å²) in [6, 6.07) is 0.586. The quantitative estimate of drug-likeness (QED) is 0.824. The van der Waals surface area contributed by atoms with Crippen molar-refractivity contribution < 1.29 is 4.79 Å². The lowest BCUT2D eigenvalue weighted by Gasteiger charge is -2.39. The van der Waals surface area contributed by atoms with Gasteiger partial charge in [-0.05, 0) is 31.2 Å². The molecule has 5 nitrogen and oxygen atoms in total. The van der Waals surface area contributed by atoms with Gasteiger partial charge in [0.15, 0.2) is 0 Å². The van der Waals surface area contributed by atoms with Crippen molar-refractivity contribution >= 4 is 18.4 Å². The highest BCUT2D eigenvalue weighted by Gasteiger charge is 2.32. The van der Waals surface area contributed by atoms with Gasteiger partial charge in [0.05, 0.1) is 0 Å². The van der Waals surface area contributed by atoms with Crippen LogP contribution in [0.15, 0.2) is 0 Å². The molecule has 0 spiro atoms. The van der Waals surface area contributed by atoms with Gasteiger partial charge in [-0.2, -0.15) is 0 Å². The van der Waals surface area contributed by atoms with Crippen molar-refractivity contribution in [2.45, 2.75) is 51.5 Å². The molecule has 0 aromatic heterocycles. The van der Waals surface area contributed by atoms with E-state index >= 15 is 0 Å². The summed E-state index contributed by atoms with van der Waals surface area (Å²) >= 11 is 0. The van der Waals surface area contributed by atoms with E-state index in [0.717, 1.165) is 58.7 Å². The SMILES string of the molecule is CC1(CN2CCN(C(=O)NC3CCCCC3)CC2)CCNC1.Cl. The van der Waals surface area contributed by atoms with Crippen molar-refractivity contribution in [1.29, 1.82) is 0 Å². The first-order valence-electron chi connectivity index (χ1n) is 9.13. The Morgan fingerprint density at radius 1 is 1.17 bits per heavy atom. The van der Waals surface area contributed by atoms with Crippen LogP contribution in [-0.2, 0) is 0 Å². The third kappa shape index (κ3) is 5.23. The van der Waals surface area contributed by atoms with E-state index in [1.165, 1.54) is 25.7 Å². The van der Waals surface area contributed by atoms with Gasteiger partial charge in [-0.1, -0.05) is 26.2 Å². The minimum Gasteiger partial charge on any atom is -0.335 e. The highest BCUT2D eigenvalue weighted by molar-refractivity contribution is 5.85. The fourth-order valence-corrected chi connectivity index (χ4v) is 4.17. The van der Waals surface area contributed by atoms with Crippen LogP contribution >= 0.6 is 12.4 Å². The van der Waals surface area contributed by atoms with Gasteiger partial charge in [0.2, 0.25) is 0 Å². The van der Waals surface area contributed by atoms with E-state index in [1.54, 1.807) is 0 Å². The first-order valence-corrected chi connectivity index (χ1v) is 9.13. The van der Waals surface area contributed by atoms with Crippen molar-refractivity contribution in [2.75, 3.05) is 45.8 Å². The van der Waals surface area contributed by atoms with Gasteiger partial charge in [-0.25, -0.2) is 4.79 Å². The number of halogens is 1. The molecular formula is C17H33ClN4O. The van der Waals surface area contributed by atoms with Gasteiger partial charge in [-0.15, -0.1) is 12.4 Å². The number of carbonyl (C=O) groups is 1. The second kappa shape index (κ2) is 8.54. The Bertz CT molecular complexity index is 373. The molecule has 134 valence electrons. The summed E-state index contributed by atoms with van der Waals surface area (Å²) in [7, 11) is 0. The van der Waals surface area contributed by atoms with E-state index in [9.17, 15) is 4.79 Å². The summed E-state index contributed by atoms with van der Waals surface area (Å²) in [5.41, 5.74) is 0.423. The normalized spacial score (nSPS) is 30.0. The Morgan fingerprint density at radius 3 is 2.48 bits per heavy atom. The Balaban J connectivity index is 0.00000192. The molecule has 3 aliphatic rings. The lowest BCUT2D eigenvalue weighted by Crippen LogP contribution is -2.55. The molecule has 0 radical (unpaired) electrons. The maximum absolute atomic E-state index is 12.4. The molecule has 1 saturated carbocycles. The molecule has 2 heterocycles. The predicted octanol–water partition coefficient (Wildman–Crippen LogP) is 2.07. The van der Waals surface area contributed by atoms with Crippen LogP contribution < -0.4 is 10.6 Å². The average Bonchev–Trinajstić information content (AvgIpc) is 2.95. The number of rotatable bonds is 3. The van der Waals surface area contributed by atoms with E-state index in [1.807, 2.05) is 4.90 Å². The summed E-state index contributed by atoms with van der Waals surface area (Å²) in [4.78, 5) is 16.9. The molecule has 0 aromatic carbocycles. The lowest BCUT2D eigenvalue weighted by molar-refractivity contribution is 0.106. The van der Waals surface area contributed by atoms with Gasteiger partial charge >= 0.3 is 6.03 Å². The minimum atomic E-state index is 0. The van der Waals surface area contributed by atoms with Crippen LogP contribution in [0.2, 0.25) is 0 Å². The number of nitrogens with zero attached hydrogens (tertiary/aromatic N) is 2. The van der Waals surface area contributed by atoms with Gasteiger partial charge in [0, 0.05) is 45.3 Å². The van der Waals surface area contributed by atoms with Crippen LogP contribution in [0.4, 0.5) is 4.79 Å². The maximum Gasteiger partial charge on any atom is 0.317 e. The van der Waals surface area contributed by atoms with Gasteiger partial charge in [-0.3, -0.25) is 4.90 Å². The average molecular weight is 345 g/mol. The molecule has 1 aliphatic carbocycles. The van der Waals surface area contributed by atoms with Crippen molar-refractivity contribution in [1.82, 2.24) is 20.4 Å². The molecule has 0 bridgehead atoms. The molecule has 6 heteroatoms. The highest BCUT2D eigenvalue weighted by atomic mass is 35.5. The number of carbonyl (C=O) groups excluding carboxylic acids is 1. The Labute approximate surface area is 146 Å². The number of amides is 2. The summed E-state index contributed by atoms with van der Waals surface area (Å²) in [5.74, 6) is 0. The molecule has 23 heavy (non-hydrogen) atoms. The Morgan fingerprint density at radius 2 is 1.87 bits per heavy atom. The third-order valence-electron chi connectivity index (χ3n) is 5.65. The van der Waals surface area contributed by atoms with Crippen molar-refractivity contribution in [3.63, 3.8) is 0 Å². The summed E-state index contributed by atoms with van der Waals surface area (Å²) in [5, 5.41) is 6.72. The predicted molar refractivity (Wildman–Crippen MR) is 96.3 cm³/mol. The summed E-state index contributed by atoms with van der Waals surface area (Å²) in [6.45, 7) is 9.63. The lowest BCUT2D eigenvalue weighted by atomic mass is 9.89. The molecule has 0 aromatic rings. The zero-order valence-corrected chi connectivity index (χ0v) is 15.3. The number of urea groups is 1.